The quantitative estimate of drug-likeness (QED) is 0.0951. The van der Waals surface area contributed by atoms with Crippen molar-refractivity contribution < 1.29 is 33.0 Å². The zero-order valence-corrected chi connectivity index (χ0v) is 27.4. The standard InChI is InChI=1S/C29H23P2.C5H5.2ClH.Fe.Pd/c1-5-13-24(14-6-1)30(25-15-7-2-8-16-25)28-21-22-29(23-28)31(26-17-9-3-10-18-26)27-19-11-4-12-20-27;1-2-4-5-3-1;;;;/h1-23H;1-5H;2*1H;;/q2*-1;;;2*+2/p-2. The van der Waals surface area contributed by atoms with E-state index in [1.165, 1.54) is 31.5 Å². The van der Waals surface area contributed by atoms with Gasteiger partial charge in [0.25, 0.3) is 0 Å². The zero-order valence-electron chi connectivity index (χ0n) is 21.5. The Morgan fingerprint density at radius 2 is 1.10 bits per heavy atom. The molecule has 0 aliphatic heterocycles. The van der Waals surface area contributed by atoms with Gasteiger partial charge in [-0.1, -0.05) is 86.8 Å². The predicted octanol–water partition coefficient (Wildman–Crippen LogP) is 8.33. The third-order valence-electron chi connectivity index (χ3n) is 5.85. The molecule has 0 N–H and O–H groups in total. The summed E-state index contributed by atoms with van der Waals surface area (Å²) in [5, 5.41) is 7.02. The Kier molecular flexibility index (Phi) is 15.1. The van der Waals surface area contributed by atoms with Crippen LogP contribution in [0.4, 0.5) is 0 Å². The molecule has 0 amide bonds. The number of benzene rings is 4. The summed E-state index contributed by atoms with van der Waals surface area (Å²) in [4.78, 5) is 1.39. The van der Waals surface area contributed by atoms with Crippen molar-refractivity contribution >= 4 is 61.0 Å². The summed E-state index contributed by atoms with van der Waals surface area (Å²) >= 11 is -0.106. The van der Waals surface area contributed by atoms with Gasteiger partial charge in [0.05, 0.1) is 7.55 Å². The average Bonchev–Trinajstić information content (AvgIpc) is 3.73. The van der Waals surface area contributed by atoms with E-state index in [-0.39, 0.29) is 33.0 Å². The van der Waals surface area contributed by atoms with Crippen molar-refractivity contribution in [2.75, 3.05) is 0 Å². The molecule has 0 nitrogen and oxygen atoms in total. The third kappa shape index (κ3) is 9.58. The van der Waals surface area contributed by atoms with Gasteiger partial charge in [0, 0.05) is 10.2 Å². The zero-order chi connectivity index (χ0) is 27.1. The maximum absolute atomic E-state index is 4.81. The monoisotopic (exact) mass is 730 g/mol. The fraction of sp³-hybridized carbons (Fsp3) is 0. The van der Waals surface area contributed by atoms with E-state index in [1.54, 1.807) is 0 Å². The van der Waals surface area contributed by atoms with E-state index < -0.39 is 15.5 Å². The van der Waals surface area contributed by atoms with Crippen LogP contribution in [-0.2, 0) is 33.0 Å². The first-order valence-electron chi connectivity index (χ1n) is 12.4. The molecule has 0 saturated heterocycles. The molecule has 0 aliphatic carbocycles. The van der Waals surface area contributed by atoms with Crippen molar-refractivity contribution in [1.82, 2.24) is 0 Å². The number of hydrogen-bond donors (Lipinski definition) is 0. The second kappa shape index (κ2) is 18.5. The maximum atomic E-state index is 4.81. The van der Waals surface area contributed by atoms with Gasteiger partial charge in [-0.2, -0.15) is 41.7 Å². The first kappa shape index (κ1) is 32.6. The van der Waals surface area contributed by atoms with E-state index in [0.29, 0.717) is 0 Å². The van der Waals surface area contributed by atoms with Crippen LogP contribution in [0, 0.1) is 4.94 Å². The van der Waals surface area contributed by atoms with Gasteiger partial charge in [-0.25, -0.2) is 18.2 Å². The summed E-state index contributed by atoms with van der Waals surface area (Å²) in [6, 6.07) is 60.9. The van der Waals surface area contributed by atoms with Crippen molar-refractivity contribution in [3.8, 4) is 0 Å². The molecule has 6 aromatic carbocycles. The maximum Gasteiger partial charge on any atom is 2.00 e. The fourth-order valence-electron chi connectivity index (χ4n) is 4.22. The van der Waals surface area contributed by atoms with Crippen LogP contribution in [0.1, 0.15) is 0 Å². The van der Waals surface area contributed by atoms with E-state index in [2.05, 4.69) is 140 Å². The molecule has 0 radical (unpaired) electrons. The number of hydrogen-bond acceptors (Lipinski definition) is 0. The molecule has 6 rings (SSSR count). The van der Waals surface area contributed by atoms with Crippen LogP contribution >= 0.6 is 34.5 Å². The molecule has 1 atom stereocenters. The Bertz CT molecular complexity index is 1470. The third-order valence-corrected chi connectivity index (χ3v) is 10.7. The molecule has 0 heterocycles. The van der Waals surface area contributed by atoms with Gasteiger partial charge in [0.2, 0.25) is 0 Å². The molecule has 0 aliphatic rings. The molecule has 1 unspecified atom stereocenters. The van der Waals surface area contributed by atoms with Gasteiger partial charge in [-0.05, 0) is 22.7 Å². The van der Waals surface area contributed by atoms with Crippen LogP contribution in [0.2, 0.25) is 0 Å². The molecule has 0 spiro atoms. The van der Waals surface area contributed by atoms with Gasteiger partial charge in [0.1, 0.15) is 5.30 Å². The van der Waals surface area contributed by atoms with E-state index >= 15 is 0 Å². The number of rotatable bonds is 5. The Labute approximate surface area is 266 Å². The largest absolute Gasteiger partial charge is 2.00 e. The Morgan fingerprint density at radius 1 is 0.600 bits per heavy atom. The second-order valence-electron chi connectivity index (χ2n) is 8.35. The molecular weight excluding hydrogens is 703 g/mol. The molecule has 40 heavy (non-hydrogen) atoms. The van der Waals surface area contributed by atoms with E-state index in [1.807, 2.05) is 30.3 Å². The first-order valence-corrected chi connectivity index (χ1v) is 19.1. The molecule has 6 heteroatoms. The van der Waals surface area contributed by atoms with Crippen LogP contribution in [0.3, 0.4) is 0 Å². The van der Waals surface area contributed by atoms with Gasteiger partial charge < -0.3 is 0 Å². The van der Waals surface area contributed by atoms with Crippen molar-refractivity contribution in [2.24, 2.45) is 0 Å². The summed E-state index contributed by atoms with van der Waals surface area (Å²) in [6.07, 6.45) is 0. The molecule has 6 aromatic rings. The molecule has 206 valence electrons. The summed E-state index contributed by atoms with van der Waals surface area (Å²) in [6.45, 7) is 0. The predicted molar refractivity (Wildman–Crippen MR) is 172 cm³/mol. The molecule has 0 bridgehead atoms. The SMILES string of the molecule is [Cl][Pd][Cl].[Fe+2].c1cc[cH-]c1.c1ccc(P(c2ccccc2)c2cc[c-]([P+](c3ccccc3)=c3cccc[cH-]3)c2)cc1. The molecule has 0 saturated carbocycles. The summed E-state index contributed by atoms with van der Waals surface area (Å²) < 4.78 is 0. The van der Waals surface area contributed by atoms with Crippen molar-refractivity contribution in [3.63, 3.8) is 0 Å². The van der Waals surface area contributed by atoms with Crippen molar-refractivity contribution in [1.29, 1.82) is 0 Å². The van der Waals surface area contributed by atoms with Crippen LogP contribution in [0.5, 0.6) is 0 Å². The van der Waals surface area contributed by atoms with Crippen LogP contribution in [0.15, 0.2) is 170 Å². The Hall–Kier alpha value is -1.93. The van der Waals surface area contributed by atoms with Gasteiger partial charge in [-0.3, -0.25) is 0 Å². The van der Waals surface area contributed by atoms with E-state index in [9.17, 15) is 0 Å². The smallest absolute Gasteiger partial charge is 0.214 e. The molecule has 0 aromatic heterocycles. The minimum Gasteiger partial charge on any atom is -0.214 e. The Balaban J connectivity index is 0.000000429. The molecular formula is C34H28Cl2FeP2Pd. The fourth-order valence-corrected chi connectivity index (χ4v) is 8.98. The average molecular weight is 732 g/mol. The number of halogens is 2. The normalized spacial score (nSPS) is 10.4. The van der Waals surface area contributed by atoms with Gasteiger partial charge in [-0.15, -0.1) is 24.3 Å². The summed E-state index contributed by atoms with van der Waals surface area (Å²) in [7, 11) is 8.47. The van der Waals surface area contributed by atoms with Crippen LogP contribution < -0.4 is 26.5 Å². The van der Waals surface area contributed by atoms with E-state index in [0.717, 1.165) is 0 Å². The summed E-state index contributed by atoms with van der Waals surface area (Å²) in [5.74, 6) is 0. The first-order chi connectivity index (χ1) is 19.3. The van der Waals surface area contributed by atoms with Gasteiger partial charge in [0.15, 0.2) is 0 Å². The van der Waals surface area contributed by atoms with Crippen molar-refractivity contribution in [2.45, 2.75) is 0 Å². The topological polar surface area (TPSA) is 0 Å². The van der Waals surface area contributed by atoms with Crippen LogP contribution in [0.25, 0.3) is 0 Å². The molecule has 0 fully saturated rings. The van der Waals surface area contributed by atoms with Gasteiger partial charge >= 0.3 is 52.1 Å². The second-order valence-corrected chi connectivity index (χ2v) is 15.1. The van der Waals surface area contributed by atoms with Crippen LogP contribution in [-0.4, -0.2) is 0 Å². The minimum atomic E-state index is -0.577. The van der Waals surface area contributed by atoms with E-state index in [4.69, 9.17) is 19.1 Å². The van der Waals surface area contributed by atoms with Crippen molar-refractivity contribution in [3.05, 3.63) is 175 Å². The summed E-state index contributed by atoms with van der Waals surface area (Å²) in [5.41, 5.74) is 0. The Morgan fingerprint density at radius 3 is 1.57 bits per heavy atom. The minimum absolute atomic E-state index is 0.